The highest BCUT2D eigenvalue weighted by Crippen LogP contribution is 2.31. The molecule has 3 amide bonds. The Labute approximate surface area is 297 Å². The van der Waals surface area contributed by atoms with Gasteiger partial charge >= 0.3 is 12.2 Å². The number of nitrogens with one attached hydrogen (secondary N) is 2. The maximum Gasteiger partial charge on any atom is 0.416 e. The van der Waals surface area contributed by atoms with Gasteiger partial charge in [0.1, 0.15) is 11.5 Å². The molecule has 0 unspecified atom stereocenters. The standard InChI is InChI=1S/C38H49F3N4O6/c1-25-21-45(26(2)24-46)36(47)33-20-31(43-37(48)42-30-13-11-29(12-14-30)38(39,40)41)15-18-34(33)51-27(3)8-6-7-19-50-35(25)23-44(4)22-28-9-16-32(49-5)17-10-28/h9-18,20,25-27,35,46H,6-8,19,21-24H2,1-5H3,(H2,42,43,48)/t25-,26-,27+,35+/m0/s1. The molecule has 51 heavy (non-hydrogen) atoms. The van der Waals surface area contributed by atoms with Crippen LogP contribution in [0.1, 0.15) is 61.5 Å². The van der Waals surface area contributed by atoms with Gasteiger partial charge in [0.2, 0.25) is 0 Å². The van der Waals surface area contributed by atoms with Crippen molar-refractivity contribution in [2.24, 2.45) is 5.92 Å². The minimum absolute atomic E-state index is 0.122. The number of hydrogen-bond donors (Lipinski definition) is 3. The number of aliphatic hydroxyl groups excluding tert-OH is 1. The van der Waals surface area contributed by atoms with Gasteiger partial charge in [0.05, 0.1) is 43.1 Å². The van der Waals surface area contributed by atoms with Crippen molar-refractivity contribution in [2.75, 3.05) is 51.1 Å². The number of carbonyl (C=O) groups excluding carboxylic acids is 2. The largest absolute Gasteiger partial charge is 0.497 e. The third kappa shape index (κ3) is 11.6. The van der Waals surface area contributed by atoms with Crippen LogP contribution in [0.3, 0.4) is 0 Å². The SMILES string of the molecule is COc1ccc(CN(C)C[C@H]2OCCCC[C@@H](C)Oc3ccc(NC(=O)Nc4ccc(C(F)(F)F)cc4)cc3C(=O)N([C@@H](C)CO)C[C@@H]2C)cc1. The van der Waals surface area contributed by atoms with Crippen molar-refractivity contribution in [1.29, 1.82) is 0 Å². The number of rotatable bonds is 9. The summed E-state index contributed by atoms with van der Waals surface area (Å²) in [6.45, 7) is 7.59. The Morgan fingerprint density at radius 1 is 1.04 bits per heavy atom. The molecule has 3 aromatic carbocycles. The number of halogens is 3. The number of hydrogen-bond acceptors (Lipinski definition) is 7. The van der Waals surface area contributed by atoms with Gasteiger partial charge in [-0.1, -0.05) is 19.1 Å². The maximum absolute atomic E-state index is 14.4. The first-order valence-corrected chi connectivity index (χ1v) is 17.2. The Kier molecular flexibility index (Phi) is 14.1. The summed E-state index contributed by atoms with van der Waals surface area (Å²) < 4.78 is 56.9. The van der Waals surface area contributed by atoms with Crippen molar-refractivity contribution in [3.8, 4) is 11.5 Å². The van der Waals surface area contributed by atoms with E-state index in [-0.39, 0.29) is 54.1 Å². The number of ether oxygens (including phenoxy) is 3. The molecule has 0 saturated carbocycles. The number of alkyl halides is 3. The number of amides is 3. The lowest BCUT2D eigenvalue weighted by Gasteiger charge is -2.36. The van der Waals surface area contributed by atoms with Crippen LogP contribution >= 0.6 is 0 Å². The minimum Gasteiger partial charge on any atom is -0.497 e. The third-order valence-corrected chi connectivity index (χ3v) is 8.88. The van der Waals surface area contributed by atoms with Crippen LogP contribution in [0.15, 0.2) is 66.7 Å². The van der Waals surface area contributed by atoms with Crippen molar-refractivity contribution in [3.05, 3.63) is 83.4 Å². The number of anilines is 2. The molecule has 0 fully saturated rings. The van der Waals surface area contributed by atoms with E-state index in [1.165, 1.54) is 6.07 Å². The van der Waals surface area contributed by atoms with Crippen LogP contribution < -0.4 is 20.1 Å². The lowest BCUT2D eigenvalue weighted by molar-refractivity contribution is -0.137. The maximum atomic E-state index is 14.4. The van der Waals surface area contributed by atoms with Crippen molar-refractivity contribution in [2.45, 2.75) is 71.0 Å². The molecule has 0 aromatic heterocycles. The molecule has 13 heteroatoms. The lowest BCUT2D eigenvalue weighted by Crippen LogP contribution is -2.47. The third-order valence-electron chi connectivity index (χ3n) is 8.88. The zero-order valence-electron chi connectivity index (χ0n) is 29.8. The molecule has 0 spiro atoms. The second-order valence-corrected chi connectivity index (χ2v) is 13.2. The molecule has 3 aromatic rings. The summed E-state index contributed by atoms with van der Waals surface area (Å²) >= 11 is 0. The monoisotopic (exact) mass is 714 g/mol. The summed E-state index contributed by atoms with van der Waals surface area (Å²) in [7, 11) is 3.66. The van der Waals surface area contributed by atoms with E-state index in [0.717, 1.165) is 54.8 Å². The zero-order chi connectivity index (χ0) is 37.1. The molecule has 3 N–H and O–H groups in total. The molecule has 278 valence electrons. The number of likely N-dealkylation sites (N-methyl/N-ethyl adjacent to an activating group) is 1. The Bertz CT molecular complexity index is 1570. The molecule has 1 heterocycles. The van der Waals surface area contributed by atoms with E-state index < -0.39 is 23.8 Å². The van der Waals surface area contributed by atoms with Crippen molar-refractivity contribution in [1.82, 2.24) is 9.80 Å². The number of nitrogens with zero attached hydrogens (tertiary/aromatic N) is 2. The van der Waals surface area contributed by atoms with E-state index in [9.17, 15) is 27.9 Å². The van der Waals surface area contributed by atoms with Crippen LogP contribution in [-0.4, -0.2) is 85.6 Å². The zero-order valence-corrected chi connectivity index (χ0v) is 29.8. The molecule has 4 rings (SSSR count). The average Bonchev–Trinajstić information content (AvgIpc) is 3.09. The Hall–Kier alpha value is -4.33. The van der Waals surface area contributed by atoms with Crippen molar-refractivity contribution < 1.29 is 42.1 Å². The van der Waals surface area contributed by atoms with Gasteiger partial charge in [-0.05, 0) is 100 Å². The van der Waals surface area contributed by atoms with E-state index in [1.807, 2.05) is 45.2 Å². The Morgan fingerprint density at radius 3 is 2.35 bits per heavy atom. The highest BCUT2D eigenvalue weighted by molar-refractivity contribution is 6.02. The van der Waals surface area contributed by atoms with Gasteiger partial charge in [-0.2, -0.15) is 13.2 Å². The summed E-state index contributed by atoms with van der Waals surface area (Å²) in [5, 5.41) is 15.4. The average molecular weight is 715 g/mol. The molecule has 4 atom stereocenters. The van der Waals surface area contributed by atoms with E-state index in [0.29, 0.717) is 25.4 Å². The van der Waals surface area contributed by atoms with Crippen LogP contribution in [0, 0.1) is 5.92 Å². The van der Waals surface area contributed by atoms with E-state index in [2.05, 4.69) is 15.5 Å². The van der Waals surface area contributed by atoms with Crippen LogP contribution in [0.4, 0.5) is 29.3 Å². The molecule has 10 nitrogen and oxygen atoms in total. The molecular formula is C38H49F3N4O6. The highest BCUT2D eigenvalue weighted by atomic mass is 19.4. The van der Waals surface area contributed by atoms with Gasteiger partial charge < -0.3 is 34.9 Å². The molecule has 1 aliphatic rings. The fourth-order valence-corrected chi connectivity index (χ4v) is 5.91. The Morgan fingerprint density at radius 2 is 1.71 bits per heavy atom. The van der Waals surface area contributed by atoms with E-state index in [4.69, 9.17) is 14.2 Å². The number of aliphatic hydroxyl groups is 1. The quantitative estimate of drug-likeness (QED) is 0.214. The van der Waals surface area contributed by atoms with Crippen LogP contribution in [-0.2, 0) is 17.5 Å². The summed E-state index contributed by atoms with van der Waals surface area (Å²) in [6.07, 6.45) is -2.53. The first-order valence-electron chi connectivity index (χ1n) is 17.2. The summed E-state index contributed by atoms with van der Waals surface area (Å²) in [5.41, 5.74) is 0.931. The fraction of sp³-hybridized carbons (Fsp3) is 0.474. The predicted molar refractivity (Wildman–Crippen MR) is 190 cm³/mol. The van der Waals surface area contributed by atoms with Crippen LogP contribution in [0.2, 0.25) is 0 Å². The molecule has 0 bridgehead atoms. The van der Waals surface area contributed by atoms with Crippen LogP contribution in [0.25, 0.3) is 0 Å². The number of benzene rings is 3. The molecular weight excluding hydrogens is 665 g/mol. The van der Waals surface area contributed by atoms with Gasteiger partial charge in [0.25, 0.3) is 5.91 Å². The van der Waals surface area contributed by atoms with E-state index >= 15 is 0 Å². The summed E-state index contributed by atoms with van der Waals surface area (Å²) in [6, 6.07) is 15.5. The number of carbonyl (C=O) groups is 2. The molecule has 0 saturated heterocycles. The summed E-state index contributed by atoms with van der Waals surface area (Å²) in [4.78, 5) is 31.0. The van der Waals surface area contributed by atoms with Gasteiger partial charge in [0.15, 0.2) is 0 Å². The smallest absolute Gasteiger partial charge is 0.416 e. The fourth-order valence-electron chi connectivity index (χ4n) is 5.91. The van der Waals surface area contributed by atoms with Crippen molar-refractivity contribution in [3.63, 3.8) is 0 Å². The predicted octanol–water partition coefficient (Wildman–Crippen LogP) is 7.29. The Balaban J connectivity index is 1.56. The summed E-state index contributed by atoms with van der Waals surface area (Å²) in [5.74, 6) is 0.619. The number of urea groups is 1. The van der Waals surface area contributed by atoms with Crippen molar-refractivity contribution >= 4 is 23.3 Å². The molecule has 0 aliphatic carbocycles. The first kappa shape index (κ1) is 39.5. The second kappa shape index (κ2) is 18.2. The highest BCUT2D eigenvalue weighted by Gasteiger charge is 2.31. The van der Waals surface area contributed by atoms with Gasteiger partial charge in [-0.3, -0.25) is 9.69 Å². The van der Waals surface area contributed by atoms with Gasteiger partial charge in [-0.25, -0.2) is 4.79 Å². The first-order chi connectivity index (χ1) is 24.3. The van der Waals surface area contributed by atoms with Gasteiger partial charge in [-0.15, -0.1) is 0 Å². The normalized spacial score (nSPS) is 19.8. The number of fused-ring (bicyclic) bond motifs is 1. The second-order valence-electron chi connectivity index (χ2n) is 13.2. The lowest BCUT2D eigenvalue weighted by atomic mass is 10.0. The topological polar surface area (TPSA) is 113 Å². The van der Waals surface area contributed by atoms with Crippen LogP contribution in [0.5, 0.6) is 11.5 Å². The van der Waals surface area contributed by atoms with E-state index in [1.54, 1.807) is 31.1 Å². The minimum atomic E-state index is -4.50. The number of methoxy groups -OCH3 is 1. The molecule has 0 radical (unpaired) electrons. The molecule has 1 aliphatic heterocycles. The van der Waals surface area contributed by atoms with Gasteiger partial charge in [0, 0.05) is 43.5 Å².